The molecule has 0 spiro atoms. The van der Waals surface area contributed by atoms with Crippen molar-refractivity contribution in [2.24, 2.45) is 0 Å². The third-order valence-corrected chi connectivity index (χ3v) is 1.89. The van der Waals surface area contributed by atoms with Crippen LogP contribution in [-0.2, 0) is 4.74 Å². The molecular formula is C6H9BF3NO. The maximum Gasteiger partial charge on any atom is 0.362 e. The maximum atomic E-state index is 13.0. The van der Waals surface area contributed by atoms with Gasteiger partial charge in [-0.1, -0.05) is 0 Å². The molecule has 0 bridgehead atoms. The van der Waals surface area contributed by atoms with Gasteiger partial charge in [0, 0.05) is 13.5 Å². The molecule has 2 radical (unpaired) electrons. The molecule has 0 unspecified atom stereocenters. The van der Waals surface area contributed by atoms with Crippen molar-refractivity contribution in [3.63, 3.8) is 0 Å². The van der Waals surface area contributed by atoms with Crippen LogP contribution in [0.5, 0.6) is 0 Å². The molecule has 0 N–H and O–H groups in total. The van der Waals surface area contributed by atoms with Gasteiger partial charge in [-0.15, -0.1) is 0 Å². The number of hydrogen-bond donors (Lipinski definition) is 0. The topological polar surface area (TPSA) is 12.5 Å². The molecule has 68 valence electrons. The molecule has 1 heterocycles. The highest BCUT2D eigenvalue weighted by Crippen LogP contribution is 2.38. The van der Waals surface area contributed by atoms with E-state index in [1.807, 2.05) is 0 Å². The van der Waals surface area contributed by atoms with Crippen molar-refractivity contribution in [2.45, 2.75) is 18.8 Å². The highest BCUT2D eigenvalue weighted by molar-refractivity contribution is 6.08. The first kappa shape index (κ1) is 9.86. The van der Waals surface area contributed by atoms with Gasteiger partial charge in [0.05, 0.1) is 14.5 Å². The Labute approximate surface area is 70.1 Å². The van der Waals surface area contributed by atoms with Crippen LogP contribution in [0.25, 0.3) is 0 Å². The minimum Gasteiger partial charge on any atom is -0.339 e. The first-order chi connectivity index (χ1) is 5.42. The number of morpholine rings is 1. The molecule has 1 fully saturated rings. The summed E-state index contributed by atoms with van der Waals surface area (Å²) in [6.45, 7) is 0.581. The lowest BCUT2D eigenvalue weighted by molar-refractivity contribution is -0.350. The molecule has 6 heteroatoms. The van der Waals surface area contributed by atoms with E-state index in [1.54, 1.807) is 0 Å². The summed E-state index contributed by atoms with van der Waals surface area (Å²) in [5, 5.41) is 0. The summed E-state index contributed by atoms with van der Waals surface area (Å²) in [4.78, 5) is 0.552. The van der Waals surface area contributed by atoms with Crippen molar-refractivity contribution in [3.8, 4) is 0 Å². The van der Waals surface area contributed by atoms with Gasteiger partial charge in [0.15, 0.2) is 0 Å². The molecular weight excluding hydrogens is 170 g/mol. The van der Waals surface area contributed by atoms with Crippen molar-refractivity contribution in [1.82, 2.24) is 4.90 Å². The van der Waals surface area contributed by atoms with Crippen molar-refractivity contribution < 1.29 is 17.9 Å². The molecule has 0 saturated carbocycles. The van der Waals surface area contributed by atoms with Crippen LogP contribution >= 0.6 is 0 Å². The maximum absolute atomic E-state index is 13.0. The van der Waals surface area contributed by atoms with Crippen LogP contribution in [0.3, 0.4) is 0 Å². The van der Waals surface area contributed by atoms with Crippen LogP contribution in [-0.4, -0.2) is 44.2 Å². The Bertz CT molecular complexity index is 176. The third kappa shape index (κ3) is 1.33. The average molecular weight is 179 g/mol. The van der Waals surface area contributed by atoms with Gasteiger partial charge in [0.2, 0.25) is 0 Å². The highest BCUT2D eigenvalue weighted by atomic mass is 19.3. The summed E-state index contributed by atoms with van der Waals surface area (Å²) in [6, 6.07) is -3.64. The molecule has 0 aliphatic carbocycles. The molecule has 2 nitrogen and oxygen atoms in total. The van der Waals surface area contributed by atoms with E-state index in [9.17, 15) is 13.2 Å². The summed E-state index contributed by atoms with van der Waals surface area (Å²) in [6.07, 6.45) is -0.379. The molecule has 1 aliphatic heterocycles. The van der Waals surface area contributed by atoms with E-state index in [2.05, 4.69) is 4.74 Å². The molecule has 12 heavy (non-hydrogen) atoms. The fraction of sp³-hybridized carbons (Fsp3) is 1.00. The minimum atomic E-state index is -3.64. The average Bonchev–Trinajstić information content (AvgIpc) is 1.95. The Kier molecular flexibility index (Phi) is 2.40. The summed E-state index contributed by atoms with van der Waals surface area (Å²) in [5.41, 5.74) is 0. The van der Waals surface area contributed by atoms with E-state index in [0.29, 0.717) is 11.8 Å². The second-order valence-electron chi connectivity index (χ2n) is 2.75. The summed E-state index contributed by atoms with van der Waals surface area (Å²) in [7, 11) is 5.02. The lowest BCUT2D eigenvalue weighted by Gasteiger charge is -2.42. The van der Waals surface area contributed by atoms with Crippen molar-refractivity contribution >= 4 is 7.85 Å². The number of nitrogens with zero attached hydrogens (tertiary/aromatic N) is 1. The van der Waals surface area contributed by atoms with Gasteiger partial charge in [-0.05, 0) is 6.44 Å². The number of ether oxygens (including phenoxy) is 1. The molecule has 0 aromatic rings. The lowest BCUT2D eigenvalue weighted by Crippen LogP contribution is -2.61. The van der Waals surface area contributed by atoms with Crippen molar-refractivity contribution in [3.05, 3.63) is 0 Å². The van der Waals surface area contributed by atoms with E-state index >= 15 is 0 Å². The van der Waals surface area contributed by atoms with Crippen LogP contribution in [0.1, 0.15) is 6.92 Å². The number of alkyl halides is 3. The van der Waals surface area contributed by atoms with Gasteiger partial charge in [-0.2, -0.15) is 8.78 Å². The monoisotopic (exact) mass is 179 g/mol. The Morgan fingerprint density at radius 2 is 2.08 bits per heavy atom. The number of hydrogen-bond acceptors (Lipinski definition) is 2. The highest BCUT2D eigenvalue weighted by Gasteiger charge is 2.58. The van der Waals surface area contributed by atoms with Gasteiger partial charge in [0.1, 0.15) is 0 Å². The standard InChI is InChI=1S/C6H9BF3NO/c1-5(8)6(9,10)11(4-7)2-3-12-5/h2-4H2,1H3/t5-/m0/s1. The Balaban J connectivity index is 2.82. The third-order valence-electron chi connectivity index (χ3n) is 1.89. The van der Waals surface area contributed by atoms with Crippen molar-refractivity contribution in [1.29, 1.82) is 0 Å². The van der Waals surface area contributed by atoms with Gasteiger partial charge >= 0.3 is 6.05 Å². The second-order valence-corrected chi connectivity index (χ2v) is 2.75. The first-order valence-electron chi connectivity index (χ1n) is 3.57. The Morgan fingerprint density at radius 1 is 1.50 bits per heavy atom. The Hall–Kier alpha value is -0.225. The molecule has 1 saturated heterocycles. The van der Waals surface area contributed by atoms with Gasteiger partial charge < -0.3 is 4.74 Å². The van der Waals surface area contributed by atoms with Crippen LogP contribution in [0.2, 0.25) is 0 Å². The predicted octanol–water partition coefficient (Wildman–Crippen LogP) is 0.723. The zero-order chi connectivity index (χ0) is 9.41. The molecule has 1 aliphatic rings. The summed E-state index contributed by atoms with van der Waals surface area (Å²) < 4.78 is 43.3. The number of halogens is 3. The fourth-order valence-corrected chi connectivity index (χ4v) is 1.06. The molecule has 1 rings (SSSR count). The predicted molar refractivity (Wildman–Crippen MR) is 37.7 cm³/mol. The summed E-state index contributed by atoms with van der Waals surface area (Å²) in [5.74, 6) is -2.94. The van der Waals surface area contributed by atoms with Crippen LogP contribution in [0.4, 0.5) is 13.2 Å². The first-order valence-corrected chi connectivity index (χ1v) is 3.57. The summed E-state index contributed by atoms with van der Waals surface area (Å²) >= 11 is 0. The molecule has 0 aromatic heterocycles. The van der Waals surface area contributed by atoms with E-state index in [-0.39, 0.29) is 19.6 Å². The zero-order valence-electron chi connectivity index (χ0n) is 6.69. The minimum absolute atomic E-state index is 0.0526. The second kappa shape index (κ2) is 2.92. The van der Waals surface area contributed by atoms with Gasteiger partial charge in [-0.3, -0.25) is 0 Å². The van der Waals surface area contributed by atoms with Crippen LogP contribution < -0.4 is 0 Å². The molecule has 0 amide bonds. The molecule has 0 aromatic carbocycles. The van der Waals surface area contributed by atoms with Crippen molar-refractivity contribution in [2.75, 3.05) is 19.6 Å². The van der Waals surface area contributed by atoms with E-state index < -0.39 is 11.9 Å². The smallest absolute Gasteiger partial charge is 0.339 e. The van der Waals surface area contributed by atoms with Crippen LogP contribution in [0.15, 0.2) is 0 Å². The Morgan fingerprint density at radius 3 is 2.50 bits per heavy atom. The number of rotatable bonds is 1. The molecule has 1 atom stereocenters. The largest absolute Gasteiger partial charge is 0.362 e. The quantitative estimate of drug-likeness (QED) is 0.434. The lowest BCUT2D eigenvalue weighted by atomic mass is 10.1. The fourth-order valence-electron chi connectivity index (χ4n) is 1.06. The van der Waals surface area contributed by atoms with E-state index in [1.165, 1.54) is 0 Å². The van der Waals surface area contributed by atoms with E-state index in [4.69, 9.17) is 7.85 Å². The van der Waals surface area contributed by atoms with Crippen LogP contribution in [0, 0.1) is 0 Å². The van der Waals surface area contributed by atoms with Gasteiger partial charge in [-0.25, -0.2) is 9.29 Å². The zero-order valence-corrected chi connectivity index (χ0v) is 6.69. The normalized spacial score (nSPS) is 36.7. The SMILES string of the molecule is [B]CN1CCO[C@](C)(F)C1(F)F. The van der Waals surface area contributed by atoms with E-state index in [0.717, 1.165) is 0 Å². The van der Waals surface area contributed by atoms with Gasteiger partial charge in [0.25, 0.3) is 5.85 Å².